The average Bonchev–Trinajstić information content (AvgIpc) is 2.75. The van der Waals surface area contributed by atoms with Gasteiger partial charge in [-0.2, -0.15) is 0 Å². The monoisotopic (exact) mass is 367 g/mol. The molecule has 5 heteroatoms. The van der Waals surface area contributed by atoms with Crippen LogP contribution in [0.5, 0.6) is 0 Å². The lowest BCUT2D eigenvalue weighted by molar-refractivity contribution is 0.191. The van der Waals surface area contributed by atoms with Crippen LogP contribution in [0, 0.1) is 0 Å². The molecule has 5 nitrogen and oxygen atoms in total. The molecule has 1 aromatic rings. The van der Waals surface area contributed by atoms with E-state index in [4.69, 9.17) is 9.97 Å². The summed E-state index contributed by atoms with van der Waals surface area (Å²) >= 11 is 0. The molecule has 0 aromatic carbocycles. The molecular formula is C22H33N5. The highest BCUT2D eigenvalue weighted by atomic mass is 15.3. The van der Waals surface area contributed by atoms with Crippen molar-refractivity contribution in [3.63, 3.8) is 0 Å². The van der Waals surface area contributed by atoms with Crippen molar-refractivity contribution in [3.8, 4) is 0 Å². The first-order valence-corrected chi connectivity index (χ1v) is 10.6. The normalized spacial score (nSPS) is 25.1. The summed E-state index contributed by atoms with van der Waals surface area (Å²) in [5.41, 5.74) is 2.21. The quantitative estimate of drug-likeness (QED) is 0.817. The van der Waals surface area contributed by atoms with Crippen molar-refractivity contribution in [2.75, 3.05) is 44.2 Å². The Bertz CT molecular complexity index is 664. The number of nitrogens with zero attached hydrogens (tertiary/aromatic N) is 5. The Morgan fingerprint density at radius 2 is 1.70 bits per heavy atom. The van der Waals surface area contributed by atoms with Crippen LogP contribution in [0.1, 0.15) is 45.2 Å². The van der Waals surface area contributed by atoms with E-state index in [0.29, 0.717) is 12.1 Å². The third-order valence-corrected chi connectivity index (χ3v) is 6.24. The zero-order valence-corrected chi connectivity index (χ0v) is 16.8. The van der Waals surface area contributed by atoms with Crippen molar-refractivity contribution < 1.29 is 0 Å². The molecule has 3 heterocycles. The highest BCUT2D eigenvalue weighted by Crippen LogP contribution is 2.25. The van der Waals surface area contributed by atoms with Gasteiger partial charge in [-0.3, -0.25) is 14.8 Å². The lowest BCUT2D eigenvalue weighted by Crippen LogP contribution is -2.49. The lowest BCUT2D eigenvalue weighted by atomic mass is 9.98. The maximum absolute atomic E-state index is 4.72. The van der Waals surface area contributed by atoms with Crippen LogP contribution in [0.25, 0.3) is 5.57 Å². The van der Waals surface area contributed by atoms with Gasteiger partial charge in [0.15, 0.2) is 0 Å². The van der Waals surface area contributed by atoms with Gasteiger partial charge >= 0.3 is 0 Å². The highest BCUT2D eigenvalue weighted by Gasteiger charge is 2.21. The fourth-order valence-corrected chi connectivity index (χ4v) is 4.42. The zero-order chi connectivity index (χ0) is 18.6. The third-order valence-electron chi connectivity index (χ3n) is 6.24. The molecule has 1 aliphatic carbocycles. The van der Waals surface area contributed by atoms with E-state index in [9.17, 15) is 0 Å². The second-order valence-corrected chi connectivity index (χ2v) is 8.29. The number of hydrogen-bond donors (Lipinski definition) is 0. The van der Waals surface area contributed by atoms with Crippen LogP contribution < -0.4 is 4.90 Å². The lowest BCUT2D eigenvalue weighted by Gasteiger charge is -2.37. The third kappa shape index (κ3) is 4.41. The van der Waals surface area contributed by atoms with E-state index in [2.05, 4.69) is 46.8 Å². The number of aromatic nitrogens is 2. The van der Waals surface area contributed by atoms with Crippen molar-refractivity contribution in [3.05, 3.63) is 36.3 Å². The summed E-state index contributed by atoms with van der Waals surface area (Å²) in [6.45, 7) is 11.3. The van der Waals surface area contributed by atoms with Gasteiger partial charge < -0.3 is 4.90 Å². The van der Waals surface area contributed by atoms with Gasteiger partial charge in [0, 0.05) is 38.3 Å². The largest absolute Gasteiger partial charge is 0.353 e. The van der Waals surface area contributed by atoms with Gasteiger partial charge in [0.2, 0.25) is 0 Å². The Morgan fingerprint density at radius 3 is 2.30 bits per heavy atom. The molecule has 0 radical (unpaired) electrons. The van der Waals surface area contributed by atoms with Crippen LogP contribution in [0.4, 0.5) is 5.82 Å². The van der Waals surface area contributed by atoms with E-state index in [1.165, 1.54) is 37.9 Å². The molecule has 0 bridgehead atoms. The molecule has 2 saturated heterocycles. The number of likely N-dealkylation sites (tertiary alicyclic amines) is 1. The fourth-order valence-electron chi connectivity index (χ4n) is 4.42. The van der Waals surface area contributed by atoms with Gasteiger partial charge in [-0.05, 0) is 51.8 Å². The first-order valence-electron chi connectivity index (χ1n) is 10.6. The molecule has 3 aliphatic rings. The van der Waals surface area contributed by atoms with Crippen LogP contribution in [0.3, 0.4) is 0 Å². The summed E-state index contributed by atoms with van der Waals surface area (Å²) in [4.78, 5) is 16.9. The van der Waals surface area contributed by atoms with Crippen molar-refractivity contribution >= 4 is 11.4 Å². The van der Waals surface area contributed by atoms with E-state index >= 15 is 0 Å². The van der Waals surface area contributed by atoms with E-state index in [0.717, 1.165) is 44.1 Å². The number of piperazine rings is 1. The summed E-state index contributed by atoms with van der Waals surface area (Å²) in [5, 5.41) is 0. The van der Waals surface area contributed by atoms with Crippen LogP contribution in [-0.2, 0) is 0 Å². The van der Waals surface area contributed by atoms with Gasteiger partial charge in [-0.15, -0.1) is 0 Å². The minimum atomic E-state index is 0.568. The molecule has 2 fully saturated rings. The van der Waals surface area contributed by atoms with Crippen molar-refractivity contribution in [2.45, 2.75) is 51.6 Å². The predicted octanol–water partition coefficient (Wildman–Crippen LogP) is 3.20. The van der Waals surface area contributed by atoms with Crippen molar-refractivity contribution in [1.82, 2.24) is 19.8 Å². The molecule has 0 spiro atoms. The molecule has 4 rings (SSSR count). The predicted molar refractivity (Wildman–Crippen MR) is 112 cm³/mol. The minimum Gasteiger partial charge on any atom is -0.353 e. The second-order valence-electron chi connectivity index (χ2n) is 8.29. The second kappa shape index (κ2) is 8.53. The fraction of sp³-hybridized carbons (Fsp3) is 0.636. The summed E-state index contributed by atoms with van der Waals surface area (Å²) in [6.07, 6.45) is 16.0. The van der Waals surface area contributed by atoms with Gasteiger partial charge in [-0.25, -0.2) is 4.98 Å². The van der Waals surface area contributed by atoms with Gasteiger partial charge in [0.25, 0.3) is 0 Å². The molecule has 0 amide bonds. The number of allylic oxidation sites excluding steroid dienone is 2. The SMILES string of the molecule is CC(C)N1CCN(c2cnc(C3=CCC(N4CCCCC4)C=C3)cn2)CC1. The first kappa shape index (κ1) is 18.6. The molecule has 1 unspecified atom stereocenters. The molecule has 0 saturated carbocycles. The maximum Gasteiger partial charge on any atom is 0.147 e. The van der Waals surface area contributed by atoms with E-state index in [1.54, 1.807) is 0 Å². The minimum absolute atomic E-state index is 0.568. The zero-order valence-electron chi connectivity index (χ0n) is 16.8. The molecule has 2 aliphatic heterocycles. The number of piperidine rings is 1. The van der Waals surface area contributed by atoms with Gasteiger partial charge in [0.05, 0.1) is 18.1 Å². The molecule has 27 heavy (non-hydrogen) atoms. The Labute approximate surface area is 163 Å². The Kier molecular flexibility index (Phi) is 5.89. The van der Waals surface area contributed by atoms with E-state index in [1.807, 2.05) is 12.4 Å². The van der Waals surface area contributed by atoms with Crippen LogP contribution in [0.15, 0.2) is 30.6 Å². The summed E-state index contributed by atoms with van der Waals surface area (Å²) in [7, 11) is 0. The maximum atomic E-state index is 4.72. The first-order chi connectivity index (χ1) is 13.2. The molecule has 0 N–H and O–H groups in total. The summed E-state index contributed by atoms with van der Waals surface area (Å²) in [5.74, 6) is 1.01. The van der Waals surface area contributed by atoms with Gasteiger partial charge in [-0.1, -0.05) is 24.6 Å². The van der Waals surface area contributed by atoms with E-state index < -0.39 is 0 Å². The van der Waals surface area contributed by atoms with Gasteiger partial charge in [0.1, 0.15) is 5.82 Å². The van der Waals surface area contributed by atoms with Crippen LogP contribution in [-0.4, -0.2) is 71.1 Å². The van der Waals surface area contributed by atoms with Crippen molar-refractivity contribution in [1.29, 1.82) is 0 Å². The van der Waals surface area contributed by atoms with E-state index in [-0.39, 0.29) is 0 Å². The average molecular weight is 368 g/mol. The van der Waals surface area contributed by atoms with Crippen LogP contribution >= 0.6 is 0 Å². The standard InChI is InChI=1S/C22H33N5/c1-18(2)25-12-14-27(15-13-25)22-17-23-21(16-24-22)19-6-8-20(9-7-19)26-10-4-3-5-11-26/h6-8,16-18,20H,3-5,9-15H2,1-2H3. The Balaban J connectivity index is 1.34. The Morgan fingerprint density at radius 1 is 0.926 bits per heavy atom. The molecular weight excluding hydrogens is 334 g/mol. The smallest absolute Gasteiger partial charge is 0.147 e. The molecule has 1 atom stereocenters. The highest BCUT2D eigenvalue weighted by molar-refractivity contribution is 5.72. The molecule has 1 aromatic heterocycles. The number of anilines is 1. The van der Waals surface area contributed by atoms with Crippen molar-refractivity contribution in [2.24, 2.45) is 0 Å². The Hall–Kier alpha value is -1.72. The number of rotatable bonds is 4. The molecule has 146 valence electrons. The van der Waals surface area contributed by atoms with Crippen LogP contribution in [0.2, 0.25) is 0 Å². The summed E-state index contributed by atoms with van der Waals surface area (Å²) < 4.78 is 0. The number of hydrogen-bond acceptors (Lipinski definition) is 5. The topological polar surface area (TPSA) is 35.5 Å². The summed E-state index contributed by atoms with van der Waals surface area (Å²) in [6, 6.07) is 1.19.